The van der Waals surface area contributed by atoms with E-state index in [-0.39, 0.29) is 0 Å². The van der Waals surface area contributed by atoms with Gasteiger partial charge in [0.25, 0.3) is 0 Å². The third kappa shape index (κ3) is 4.31. The summed E-state index contributed by atoms with van der Waals surface area (Å²) in [6.07, 6.45) is 1.37. The van der Waals surface area contributed by atoms with E-state index in [0.717, 1.165) is 23.1 Å². The summed E-state index contributed by atoms with van der Waals surface area (Å²) in [6.45, 7) is 5.51. The molecule has 2 rings (SSSR count). The zero-order valence-electron chi connectivity index (χ0n) is 12.8. The number of likely N-dealkylation sites (N-methyl/N-ethyl adjacent to an activating group) is 1. The molecule has 0 amide bonds. The first-order valence-corrected chi connectivity index (χ1v) is 7.23. The van der Waals surface area contributed by atoms with Gasteiger partial charge in [-0.05, 0) is 17.5 Å². The topological polar surface area (TPSA) is 29.5 Å². The predicted octanol–water partition coefficient (Wildman–Crippen LogP) is 2.84. The van der Waals surface area contributed by atoms with Crippen LogP contribution in [0.25, 0.3) is 10.8 Å². The third-order valence-corrected chi connectivity index (χ3v) is 3.51. The number of nitrogens with zero attached hydrogens (tertiary/aromatic N) is 1. The molecular weight excluding hydrogens is 262 g/mol. The van der Waals surface area contributed by atoms with Crippen LogP contribution in [0.15, 0.2) is 55.1 Å². The van der Waals surface area contributed by atoms with Gasteiger partial charge in [0, 0.05) is 5.39 Å². The highest BCUT2D eigenvalue weighted by molar-refractivity contribution is 5.88. The van der Waals surface area contributed by atoms with Crippen LogP contribution in [-0.4, -0.2) is 49.5 Å². The Bertz CT molecular complexity index is 602. The fraction of sp³-hybridized carbons (Fsp3) is 0.333. The number of aliphatic hydroxyl groups excluding tert-OH is 1. The minimum Gasteiger partial charge on any atom is -0.490 e. The summed E-state index contributed by atoms with van der Waals surface area (Å²) in [5.74, 6) is 0.821. The summed E-state index contributed by atoms with van der Waals surface area (Å²) in [4.78, 5) is 0. The molecule has 0 heterocycles. The number of fused-ring (bicyclic) bond motifs is 1. The lowest BCUT2D eigenvalue weighted by atomic mass is 10.1. The molecule has 0 aliphatic heterocycles. The van der Waals surface area contributed by atoms with E-state index >= 15 is 0 Å². The van der Waals surface area contributed by atoms with Gasteiger partial charge in [0.05, 0.1) is 20.6 Å². The van der Waals surface area contributed by atoms with E-state index in [4.69, 9.17) is 4.74 Å². The van der Waals surface area contributed by atoms with Crippen LogP contribution in [0.3, 0.4) is 0 Å². The van der Waals surface area contributed by atoms with Gasteiger partial charge in [-0.15, -0.1) is 0 Å². The van der Waals surface area contributed by atoms with Crippen molar-refractivity contribution in [1.29, 1.82) is 0 Å². The highest BCUT2D eigenvalue weighted by atomic mass is 16.5. The molecule has 1 unspecified atom stereocenters. The molecule has 0 radical (unpaired) electrons. The van der Waals surface area contributed by atoms with Gasteiger partial charge >= 0.3 is 0 Å². The van der Waals surface area contributed by atoms with E-state index in [2.05, 4.69) is 32.8 Å². The zero-order chi connectivity index (χ0) is 15.3. The van der Waals surface area contributed by atoms with Crippen molar-refractivity contribution < 1.29 is 14.3 Å². The van der Waals surface area contributed by atoms with Crippen molar-refractivity contribution in [3.05, 3.63) is 55.1 Å². The number of quaternary nitrogens is 1. The number of hydrogen-bond donors (Lipinski definition) is 1. The quantitative estimate of drug-likeness (QED) is 0.626. The highest BCUT2D eigenvalue weighted by Gasteiger charge is 2.19. The number of aliphatic hydroxyl groups is 1. The molecule has 0 aliphatic rings. The molecule has 0 bridgehead atoms. The molecular formula is C18H24NO2+. The Hall–Kier alpha value is -1.84. The smallest absolute Gasteiger partial charge is 0.137 e. The van der Waals surface area contributed by atoms with Crippen LogP contribution >= 0.6 is 0 Å². The van der Waals surface area contributed by atoms with Gasteiger partial charge in [-0.1, -0.05) is 43.0 Å². The second kappa shape index (κ2) is 6.74. The van der Waals surface area contributed by atoms with Crippen molar-refractivity contribution in [2.45, 2.75) is 6.10 Å². The summed E-state index contributed by atoms with van der Waals surface area (Å²) in [5.41, 5.74) is 0. The molecule has 1 atom stereocenters. The molecule has 0 saturated heterocycles. The number of rotatable bonds is 7. The van der Waals surface area contributed by atoms with Crippen molar-refractivity contribution in [3.63, 3.8) is 0 Å². The Kier molecular flexibility index (Phi) is 4.99. The van der Waals surface area contributed by atoms with Crippen LogP contribution in [-0.2, 0) is 0 Å². The van der Waals surface area contributed by atoms with Crippen LogP contribution in [0.5, 0.6) is 5.75 Å². The molecule has 3 nitrogen and oxygen atoms in total. The summed E-state index contributed by atoms with van der Waals surface area (Å²) in [6, 6.07) is 14.1. The van der Waals surface area contributed by atoms with E-state index in [1.165, 1.54) is 0 Å². The molecule has 0 aliphatic carbocycles. The van der Waals surface area contributed by atoms with Crippen molar-refractivity contribution in [2.24, 2.45) is 0 Å². The minimum absolute atomic E-state index is 0.298. The fourth-order valence-electron chi connectivity index (χ4n) is 2.55. The Morgan fingerprint density at radius 3 is 2.67 bits per heavy atom. The number of hydrogen-bond acceptors (Lipinski definition) is 2. The Morgan fingerprint density at radius 1 is 1.19 bits per heavy atom. The lowest BCUT2D eigenvalue weighted by Gasteiger charge is -2.30. The average molecular weight is 286 g/mol. The molecule has 112 valence electrons. The molecule has 2 aromatic carbocycles. The van der Waals surface area contributed by atoms with Gasteiger partial charge in [0.1, 0.15) is 25.0 Å². The highest BCUT2D eigenvalue weighted by Crippen LogP contribution is 2.25. The first-order valence-electron chi connectivity index (χ1n) is 7.23. The van der Waals surface area contributed by atoms with Crippen LogP contribution in [0.2, 0.25) is 0 Å². The molecule has 0 saturated carbocycles. The zero-order valence-corrected chi connectivity index (χ0v) is 12.8. The van der Waals surface area contributed by atoms with Gasteiger partial charge in [-0.3, -0.25) is 0 Å². The van der Waals surface area contributed by atoms with E-state index in [9.17, 15) is 5.11 Å². The van der Waals surface area contributed by atoms with Gasteiger partial charge in [-0.25, -0.2) is 0 Å². The molecule has 21 heavy (non-hydrogen) atoms. The van der Waals surface area contributed by atoms with Gasteiger partial charge in [0.2, 0.25) is 0 Å². The third-order valence-electron chi connectivity index (χ3n) is 3.51. The maximum absolute atomic E-state index is 10.2. The lowest BCUT2D eigenvalue weighted by molar-refractivity contribution is -0.887. The Balaban J connectivity index is 2.00. The standard InChI is InChI=1S/C18H24NO2/c1-4-12-19(2,3)13-16(20)14-21-18-11-7-9-15-8-5-6-10-17(15)18/h4-11,16,20H,1,12-14H2,2-3H3/q+1. The minimum atomic E-state index is -0.501. The number of benzene rings is 2. The summed E-state index contributed by atoms with van der Waals surface area (Å²) < 4.78 is 6.52. The van der Waals surface area contributed by atoms with Crippen LogP contribution in [0.4, 0.5) is 0 Å². The Morgan fingerprint density at radius 2 is 1.90 bits per heavy atom. The maximum Gasteiger partial charge on any atom is 0.137 e. The first kappa shape index (κ1) is 15.5. The van der Waals surface area contributed by atoms with E-state index < -0.39 is 6.10 Å². The molecule has 0 fully saturated rings. The lowest BCUT2D eigenvalue weighted by Crippen LogP contribution is -2.46. The van der Waals surface area contributed by atoms with Crippen molar-refractivity contribution in [3.8, 4) is 5.75 Å². The van der Waals surface area contributed by atoms with Crippen molar-refractivity contribution >= 4 is 10.8 Å². The molecule has 0 aromatic heterocycles. The van der Waals surface area contributed by atoms with Gasteiger partial charge in [0.15, 0.2) is 0 Å². The summed E-state index contributed by atoms with van der Waals surface area (Å²) in [5, 5.41) is 12.4. The average Bonchev–Trinajstić information content (AvgIpc) is 2.44. The Labute approximate surface area is 126 Å². The monoisotopic (exact) mass is 286 g/mol. The predicted molar refractivity (Wildman–Crippen MR) is 87.5 cm³/mol. The maximum atomic E-state index is 10.2. The van der Waals surface area contributed by atoms with Crippen LogP contribution in [0, 0.1) is 0 Å². The second-order valence-corrected chi connectivity index (χ2v) is 6.03. The first-order chi connectivity index (χ1) is 10.0. The fourth-order valence-corrected chi connectivity index (χ4v) is 2.55. The van der Waals surface area contributed by atoms with Crippen LogP contribution < -0.4 is 4.74 Å². The number of ether oxygens (including phenoxy) is 1. The van der Waals surface area contributed by atoms with Gasteiger partial charge < -0.3 is 14.3 Å². The van der Waals surface area contributed by atoms with Crippen molar-refractivity contribution in [2.75, 3.05) is 33.8 Å². The second-order valence-electron chi connectivity index (χ2n) is 6.03. The van der Waals surface area contributed by atoms with E-state index in [1.54, 1.807) is 0 Å². The van der Waals surface area contributed by atoms with Crippen LogP contribution in [0.1, 0.15) is 0 Å². The molecule has 0 spiro atoms. The SMILES string of the molecule is C=CC[N+](C)(C)CC(O)COc1cccc2ccccc12. The van der Waals surface area contributed by atoms with Gasteiger partial charge in [-0.2, -0.15) is 0 Å². The summed E-state index contributed by atoms with van der Waals surface area (Å²) >= 11 is 0. The van der Waals surface area contributed by atoms with Crippen molar-refractivity contribution in [1.82, 2.24) is 0 Å². The molecule has 2 aromatic rings. The normalized spacial score (nSPS) is 13.1. The van der Waals surface area contributed by atoms with E-state index in [1.807, 2.05) is 36.4 Å². The largest absolute Gasteiger partial charge is 0.490 e. The molecule has 1 N–H and O–H groups in total. The summed E-state index contributed by atoms with van der Waals surface area (Å²) in [7, 11) is 4.14. The van der Waals surface area contributed by atoms with E-state index in [0.29, 0.717) is 17.6 Å². The molecule has 3 heteroatoms.